The molecule has 0 saturated carbocycles. The Bertz CT molecular complexity index is 2670. The molecule has 0 aliphatic heterocycles. The minimum Gasteiger partial charge on any atom is -0.309 e. The van der Waals surface area contributed by atoms with E-state index in [1.807, 2.05) is 0 Å². The molecular weight excluding hydrogens is 808 g/mol. The summed E-state index contributed by atoms with van der Waals surface area (Å²) >= 11 is 8.05. The second kappa shape index (κ2) is 17.7. The highest BCUT2D eigenvalue weighted by atomic mass is 35.5. The van der Waals surface area contributed by atoms with Crippen molar-refractivity contribution in [2.24, 2.45) is 0 Å². The predicted molar refractivity (Wildman–Crippen MR) is 284 cm³/mol. The van der Waals surface area contributed by atoms with Crippen LogP contribution < -0.4 is 9.80 Å². The molecule has 0 bridgehead atoms. The standard InChI is InChI=1S/C62H71ClN2/c1-42-39-55(64(50-32-25-45(26-33-50)59(5,6)7)51-34-27-46(28-35-51)60(8,9)10)57(63)56(40-42)65(52-36-29-47(30-37-52)61(11,12)13)54-38-31-49(62(14,15)48-19-17-16-18-20-48)41-53(54)43-21-23-44(24-22-43)58(2,3)4/h16-41H,1-15H3. The second-order valence-corrected chi connectivity index (χ2v) is 23.1. The van der Waals surface area contributed by atoms with Crippen LogP contribution in [-0.2, 0) is 27.1 Å². The van der Waals surface area contributed by atoms with E-state index in [1.165, 1.54) is 33.4 Å². The number of benzene rings is 7. The first kappa shape index (κ1) is 47.4. The highest BCUT2D eigenvalue weighted by molar-refractivity contribution is 6.37. The van der Waals surface area contributed by atoms with Gasteiger partial charge in [-0.05, 0) is 134 Å². The Balaban J connectivity index is 1.52. The van der Waals surface area contributed by atoms with Gasteiger partial charge in [-0.2, -0.15) is 0 Å². The summed E-state index contributed by atoms with van der Waals surface area (Å²) in [7, 11) is 0. The van der Waals surface area contributed by atoms with Crippen molar-refractivity contribution in [1.29, 1.82) is 0 Å². The van der Waals surface area contributed by atoms with Gasteiger partial charge in [0.2, 0.25) is 0 Å². The zero-order chi connectivity index (χ0) is 47.3. The highest BCUT2D eigenvalue weighted by Gasteiger charge is 2.29. The van der Waals surface area contributed by atoms with Crippen LogP contribution in [0.4, 0.5) is 34.1 Å². The first-order chi connectivity index (χ1) is 30.3. The van der Waals surface area contributed by atoms with Crippen molar-refractivity contribution in [3.05, 3.63) is 202 Å². The summed E-state index contributed by atoms with van der Waals surface area (Å²) in [6, 6.07) is 58.6. The Kier molecular flexibility index (Phi) is 12.9. The molecule has 0 spiro atoms. The van der Waals surface area contributed by atoms with E-state index in [0.717, 1.165) is 50.8 Å². The normalized spacial score (nSPS) is 12.6. The summed E-state index contributed by atoms with van der Waals surface area (Å²) in [6.45, 7) is 34.1. The van der Waals surface area contributed by atoms with Crippen LogP contribution in [0.25, 0.3) is 11.1 Å². The third-order valence-corrected chi connectivity index (χ3v) is 13.5. The molecule has 7 rings (SSSR count). The van der Waals surface area contributed by atoms with E-state index < -0.39 is 0 Å². The molecule has 0 amide bonds. The molecule has 0 aliphatic carbocycles. The summed E-state index contributed by atoms with van der Waals surface area (Å²) in [5.41, 5.74) is 16.9. The van der Waals surface area contributed by atoms with Crippen LogP contribution in [0.15, 0.2) is 158 Å². The van der Waals surface area contributed by atoms with Crippen LogP contribution in [0.1, 0.15) is 136 Å². The summed E-state index contributed by atoms with van der Waals surface area (Å²) in [5.74, 6) is 0. The van der Waals surface area contributed by atoms with E-state index in [9.17, 15) is 0 Å². The van der Waals surface area contributed by atoms with Gasteiger partial charge in [0.05, 0.1) is 22.1 Å². The largest absolute Gasteiger partial charge is 0.309 e. The smallest absolute Gasteiger partial charge is 0.0887 e. The van der Waals surface area contributed by atoms with Gasteiger partial charge in [0.25, 0.3) is 0 Å². The van der Waals surface area contributed by atoms with Gasteiger partial charge in [-0.3, -0.25) is 0 Å². The number of hydrogen-bond acceptors (Lipinski definition) is 2. The lowest BCUT2D eigenvalue weighted by molar-refractivity contribution is 0.590. The molecule has 0 saturated heterocycles. The molecule has 336 valence electrons. The molecule has 0 aromatic heterocycles. The number of anilines is 6. The van der Waals surface area contributed by atoms with Gasteiger partial charge in [0, 0.05) is 28.0 Å². The zero-order valence-electron chi connectivity index (χ0n) is 41.8. The van der Waals surface area contributed by atoms with Gasteiger partial charge < -0.3 is 9.80 Å². The lowest BCUT2D eigenvalue weighted by Gasteiger charge is -2.34. The molecule has 7 aromatic carbocycles. The van der Waals surface area contributed by atoms with E-state index in [1.54, 1.807) is 0 Å². The SMILES string of the molecule is Cc1cc(N(c2ccc(C(C)(C)C)cc2)c2ccc(C(C)(C)C)cc2)c(Cl)c(N(c2ccc(C(C)(C)C)cc2)c2ccc(C(C)(C)c3ccccc3)cc2-c2ccc(C(C)(C)C)cc2)c1. The molecule has 0 unspecified atom stereocenters. The summed E-state index contributed by atoms with van der Waals surface area (Å²) < 4.78 is 0. The topological polar surface area (TPSA) is 6.48 Å². The van der Waals surface area contributed by atoms with Crippen molar-refractivity contribution in [2.75, 3.05) is 9.80 Å². The predicted octanol–water partition coefficient (Wildman–Crippen LogP) is 18.8. The van der Waals surface area contributed by atoms with Gasteiger partial charge in [-0.1, -0.05) is 206 Å². The van der Waals surface area contributed by atoms with Gasteiger partial charge in [0.15, 0.2) is 0 Å². The molecule has 0 atom stereocenters. The molecular formula is C62H71ClN2. The van der Waals surface area contributed by atoms with Crippen LogP contribution in [0, 0.1) is 6.92 Å². The third-order valence-electron chi connectivity index (χ3n) is 13.2. The highest BCUT2D eigenvalue weighted by Crippen LogP contribution is 2.51. The fraction of sp³-hybridized carbons (Fsp3) is 0.323. The Morgan fingerprint density at radius 2 is 0.692 bits per heavy atom. The Hall–Kier alpha value is -5.57. The quantitative estimate of drug-likeness (QED) is 0.143. The number of nitrogens with zero attached hydrogens (tertiary/aromatic N) is 2. The lowest BCUT2D eigenvalue weighted by Crippen LogP contribution is -2.20. The monoisotopic (exact) mass is 879 g/mol. The Morgan fingerprint density at radius 3 is 1.09 bits per heavy atom. The number of aryl methyl sites for hydroxylation is 1. The molecule has 65 heavy (non-hydrogen) atoms. The molecule has 3 heteroatoms. The maximum Gasteiger partial charge on any atom is 0.0887 e. The van der Waals surface area contributed by atoms with Crippen molar-refractivity contribution in [3.63, 3.8) is 0 Å². The molecule has 2 nitrogen and oxygen atoms in total. The maximum absolute atomic E-state index is 8.05. The van der Waals surface area contributed by atoms with Crippen molar-refractivity contribution in [2.45, 2.75) is 131 Å². The van der Waals surface area contributed by atoms with Gasteiger partial charge in [-0.25, -0.2) is 0 Å². The molecule has 0 aliphatic rings. The fourth-order valence-corrected chi connectivity index (χ4v) is 9.02. The van der Waals surface area contributed by atoms with Crippen LogP contribution >= 0.6 is 11.6 Å². The third kappa shape index (κ3) is 10.1. The van der Waals surface area contributed by atoms with Gasteiger partial charge in [0.1, 0.15) is 0 Å². The minimum absolute atomic E-state index is 0.00623. The van der Waals surface area contributed by atoms with E-state index in [0.29, 0.717) is 5.02 Å². The molecule has 7 aromatic rings. The molecule has 0 radical (unpaired) electrons. The lowest BCUT2D eigenvalue weighted by atomic mass is 9.77. The van der Waals surface area contributed by atoms with Gasteiger partial charge >= 0.3 is 0 Å². The number of halogens is 1. The molecule has 0 N–H and O–H groups in total. The maximum atomic E-state index is 8.05. The number of rotatable bonds is 9. The van der Waals surface area contributed by atoms with Gasteiger partial charge in [-0.15, -0.1) is 0 Å². The Morgan fingerprint density at radius 1 is 0.338 bits per heavy atom. The van der Waals surface area contributed by atoms with E-state index in [4.69, 9.17) is 11.6 Å². The second-order valence-electron chi connectivity index (χ2n) is 22.7. The van der Waals surface area contributed by atoms with Crippen molar-refractivity contribution in [3.8, 4) is 11.1 Å². The van der Waals surface area contributed by atoms with Crippen LogP contribution in [0.2, 0.25) is 5.02 Å². The van der Waals surface area contributed by atoms with Crippen LogP contribution in [0.3, 0.4) is 0 Å². The van der Waals surface area contributed by atoms with Crippen molar-refractivity contribution < 1.29 is 0 Å². The first-order valence-corrected chi connectivity index (χ1v) is 23.7. The van der Waals surface area contributed by atoms with Crippen molar-refractivity contribution in [1.82, 2.24) is 0 Å². The fourth-order valence-electron chi connectivity index (χ4n) is 8.75. The average molecular weight is 880 g/mol. The van der Waals surface area contributed by atoms with Crippen molar-refractivity contribution >= 4 is 45.7 Å². The van der Waals surface area contributed by atoms with Crippen LogP contribution in [-0.4, -0.2) is 0 Å². The molecule has 0 fully saturated rings. The summed E-state index contributed by atoms with van der Waals surface area (Å²) in [4.78, 5) is 4.72. The number of hydrogen-bond donors (Lipinski definition) is 0. The van der Waals surface area contributed by atoms with E-state index in [2.05, 4.69) is 271 Å². The molecule has 0 heterocycles. The van der Waals surface area contributed by atoms with E-state index >= 15 is 0 Å². The van der Waals surface area contributed by atoms with E-state index in [-0.39, 0.29) is 27.1 Å². The van der Waals surface area contributed by atoms with Crippen LogP contribution in [0.5, 0.6) is 0 Å². The Labute approximate surface area is 397 Å². The average Bonchev–Trinajstić information content (AvgIpc) is 3.25. The first-order valence-electron chi connectivity index (χ1n) is 23.4. The summed E-state index contributed by atoms with van der Waals surface area (Å²) in [5, 5.41) is 0.665. The minimum atomic E-state index is -0.251. The zero-order valence-corrected chi connectivity index (χ0v) is 42.5. The summed E-state index contributed by atoms with van der Waals surface area (Å²) in [6.07, 6.45) is 0.